The van der Waals surface area contributed by atoms with Crippen LogP contribution in [0.3, 0.4) is 0 Å². The molecule has 12 atom stereocenters. The quantitative estimate of drug-likeness (QED) is 0.241. The van der Waals surface area contributed by atoms with Crippen LogP contribution in [0.25, 0.3) is 0 Å². The van der Waals surface area contributed by atoms with Gasteiger partial charge in [0.15, 0.2) is 23.9 Å². The van der Waals surface area contributed by atoms with Crippen LogP contribution in [0, 0.1) is 28.1 Å². The number of carbonyl (C=O) groups is 4. The monoisotopic (exact) mass is 553 g/mol. The van der Waals surface area contributed by atoms with Crippen molar-refractivity contribution in [1.29, 1.82) is 0 Å². The second-order valence-corrected chi connectivity index (χ2v) is 12.7. The number of hydrogen-bond acceptors (Lipinski definition) is 13. The van der Waals surface area contributed by atoms with Crippen LogP contribution in [0.1, 0.15) is 27.7 Å². The third-order valence-corrected chi connectivity index (χ3v) is 10.4. The largest absolute Gasteiger partial charge is 0.456 e. The number of rotatable bonds is 1. The first-order valence-electron chi connectivity index (χ1n) is 13.2. The van der Waals surface area contributed by atoms with Gasteiger partial charge in [-0.1, -0.05) is 20.8 Å². The van der Waals surface area contributed by atoms with Gasteiger partial charge >= 0.3 is 24.0 Å². The fraction of sp³-hybridized carbons (Fsp3) is 0.840. The van der Waals surface area contributed by atoms with Gasteiger partial charge in [-0.3, -0.25) is 4.79 Å². The molecule has 0 aromatic heterocycles. The van der Waals surface area contributed by atoms with Crippen molar-refractivity contribution >= 4 is 24.0 Å². The number of carbonyl (C=O) groups excluding carboxylic acids is 4. The molecule has 5 saturated heterocycles. The van der Waals surface area contributed by atoms with Crippen LogP contribution < -0.4 is 0 Å². The maximum atomic E-state index is 13.9. The van der Waals surface area contributed by atoms with Gasteiger partial charge in [0.25, 0.3) is 0 Å². The van der Waals surface area contributed by atoms with E-state index in [2.05, 4.69) is 0 Å². The van der Waals surface area contributed by atoms with E-state index in [4.69, 9.17) is 28.4 Å². The number of fused-ring (bicyclic) bond motifs is 1. The molecule has 0 aromatic rings. The van der Waals surface area contributed by atoms with Gasteiger partial charge in [0.2, 0.25) is 11.9 Å². The summed E-state index contributed by atoms with van der Waals surface area (Å²) in [6.45, 7) is 7.53. The first-order valence-corrected chi connectivity index (χ1v) is 13.2. The molecule has 1 amide bonds. The number of ether oxygens (including phenoxy) is 6. The summed E-state index contributed by atoms with van der Waals surface area (Å²) < 4.78 is 34.5. The highest BCUT2D eigenvalue weighted by atomic mass is 16.8. The molecule has 3 N–H and O–H groups in total. The lowest BCUT2D eigenvalue weighted by Crippen LogP contribution is -2.67. The summed E-state index contributed by atoms with van der Waals surface area (Å²) in [5.41, 5.74) is -9.80. The van der Waals surface area contributed by atoms with E-state index in [1.807, 2.05) is 0 Å². The van der Waals surface area contributed by atoms with Crippen LogP contribution >= 0.6 is 0 Å². The fourth-order valence-electron chi connectivity index (χ4n) is 9.31. The Morgan fingerprint density at radius 1 is 1.03 bits per heavy atom. The number of nitrogens with zero attached hydrogens (tertiary/aromatic N) is 1. The Balaban J connectivity index is 1.52. The third kappa shape index (κ3) is 2.30. The van der Waals surface area contributed by atoms with Crippen LogP contribution in [0.15, 0.2) is 0 Å². The number of amides is 1. The molecule has 5 aliphatic heterocycles. The highest BCUT2D eigenvalue weighted by Crippen LogP contribution is 2.85. The molecule has 14 heteroatoms. The zero-order chi connectivity index (χ0) is 28.1. The van der Waals surface area contributed by atoms with Gasteiger partial charge in [-0.05, 0) is 12.3 Å². The number of esters is 3. The maximum Gasteiger partial charge on any atom is 0.410 e. The lowest BCUT2D eigenvalue weighted by molar-refractivity contribution is -0.240. The second kappa shape index (κ2) is 7.21. The minimum atomic E-state index is -2.48. The molecule has 0 bridgehead atoms. The lowest BCUT2D eigenvalue weighted by Gasteiger charge is -2.48. The molecule has 39 heavy (non-hydrogen) atoms. The summed E-state index contributed by atoms with van der Waals surface area (Å²) in [6.07, 6.45) is -10.7. The predicted octanol–water partition coefficient (Wildman–Crippen LogP) is -1.92. The summed E-state index contributed by atoms with van der Waals surface area (Å²) >= 11 is 0. The molecule has 2 spiro atoms. The van der Waals surface area contributed by atoms with Gasteiger partial charge in [0.1, 0.15) is 11.5 Å². The molecule has 2 saturated carbocycles. The maximum absolute atomic E-state index is 13.9. The van der Waals surface area contributed by atoms with Gasteiger partial charge in [0, 0.05) is 19.0 Å². The molecule has 5 heterocycles. The molecule has 7 unspecified atom stereocenters. The first-order chi connectivity index (χ1) is 18.2. The van der Waals surface area contributed by atoms with E-state index in [1.165, 1.54) is 11.8 Å². The van der Waals surface area contributed by atoms with Crippen molar-refractivity contribution in [2.75, 3.05) is 26.3 Å². The Kier molecular flexibility index (Phi) is 4.71. The first kappa shape index (κ1) is 25.4. The van der Waals surface area contributed by atoms with E-state index in [0.29, 0.717) is 0 Å². The number of aliphatic hydroxyl groups excluding tert-OH is 2. The summed E-state index contributed by atoms with van der Waals surface area (Å²) in [4.78, 5) is 54.7. The second-order valence-electron chi connectivity index (χ2n) is 12.7. The zero-order valence-electron chi connectivity index (χ0n) is 21.8. The van der Waals surface area contributed by atoms with Gasteiger partial charge in [-0.2, -0.15) is 0 Å². The molecule has 0 radical (unpaired) electrons. The van der Waals surface area contributed by atoms with Crippen molar-refractivity contribution < 1.29 is 62.9 Å². The van der Waals surface area contributed by atoms with Crippen molar-refractivity contribution in [2.45, 2.75) is 75.7 Å². The van der Waals surface area contributed by atoms with Gasteiger partial charge in [-0.15, -0.1) is 0 Å². The highest BCUT2D eigenvalue weighted by Gasteiger charge is 3.06. The Hall–Kier alpha value is -2.52. The molecule has 14 nitrogen and oxygen atoms in total. The SMILES string of the molecule is C[C@@H]1C(=O)OC2[C@H](OC(=O)N3CCOCC3)C34C5OC(=O)C3(OC3OC(=O)[C@H](O)C34C(C(C)(C)C)[C@H]5O)[C@]21O. The van der Waals surface area contributed by atoms with E-state index >= 15 is 0 Å². The molecule has 7 rings (SSSR count). The van der Waals surface area contributed by atoms with Gasteiger partial charge in [-0.25, -0.2) is 14.4 Å². The molecular formula is C25H31NO13. The van der Waals surface area contributed by atoms with Crippen molar-refractivity contribution in [3.63, 3.8) is 0 Å². The average molecular weight is 554 g/mol. The van der Waals surface area contributed by atoms with E-state index in [1.54, 1.807) is 20.8 Å². The summed E-state index contributed by atoms with van der Waals surface area (Å²) in [5.74, 6) is -5.44. The van der Waals surface area contributed by atoms with Crippen molar-refractivity contribution in [2.24, 2.45) is 28.1 Å². The third-order valence-electron chi connectivity index (χ3n) is 10.4. The van der Waals surface area contributed by atoms with Gasteiger partial charge < -0.3 is 48.6 Å². The standard InChI is InChI=1S/C25H31NO13/c1-9-16(29)35-15-14(37-20(32)26-5-7-34-8-6-26)23-13-10(27)11(21(2,3)4)22(23)12(28)17(30)38-19(22)39-25(23,18(31)36-13)24(9,15)33/h9-15,19,27-28,33H,5-8H2,1-4H3/t9-,10-,11?,12+,13?,14+,15?,19?,22?,23?,24-,25?/m1/s1. The summed E-state index contributed by atoms with van der Waals surface area (Å²) in [6, 6.07) is 0. The smallest absolute Gasteiger partial charge is 0.410 e. The Labute approximate surface area is 222 Å². The minimum absolute atomic E-state index is 0.190. The molecule has 7 aliphatic rings. The van der Waals surface area contributed by atoms with Crippen molar-refractivity contribution in [3.05, 3.63) is 0 Å². The Morgan fingerprint density at radius 3 is 2.33 bits per heavy atom. The van der Waals surface area contributed by atoms with E-state index in [-0.39, 0.29) is 26.3 Å². The molecule has 0 aromatic carbocycles. The molecular weight excluding hydrogens is 522 g/mol. The highest BCUT2D eigenvalue weighted by molar-refractivity contribution is 5.94. The van der Waals surface area contributed by atoms with Crippen LogP contribution in [-0.2, 0) is 42.8 Å². The van der Waals surface area contributed by atoms with E-state index in [0.717, 1.165) is 0 Å². The Morgan fingerprint density at radius 2 is 1.69 bits per heavy atom. The minimum Gasteiger partial charge on any atom is -0.456 e. The number of aliphatic hydroxyl groups is 3. The summed E-state index contributed by atoms with van der Waals surface area (Å²) in [7, 11) is 0. The topological polar surface area (TPSA) is 188 Å². The molecule has 7 fully saturated rings. The number of hydrogen-bond donors (Lipinski definition) is 3. The predicted molar refractivity (Wildman–Crippen MR) is 120 cm³/mol. The van der Waals surface area contributed by atoms with E-state index < -0.39 is 100 Å². The lowest BCUT2D eigenvalue weighted by atomic mass is 9.51. The van der Waals surface area contributed by atoms with Crippen molar-refractivity contribution in [3.8, 4) is 0 Å². The average Bonchev–Trinajstić information content (AvgIpc) is 3.57. The van der Waals surface area contributed by atoms with Crippen LogP contribution in [0.2, 0.25) is 0 Å². The number of morpholine rings is 1. The fourth-order valence-corrected chi connectivity index (χ4v) is 9.31. The normalized spacial score (nSPS) is 53.1. The molecule has 214 valence electrons. The Bertz CT molecular complexity index is 1190. The van der Waals surface area contributed by atoms with Crippen molar-refractivity contribution in [1.82, 2.24) is 4.90 Å². The zero-order valence-corrected chi connectivity index (χ0v) is 21.8. The molecule has 2 aliphatic carbocycles. The van der Waals surface area contributed by atoms with Crippen LogP contribution in [0.5, 0.6) is 0 Å². The summed E-state index contributed by atoms with van der Waals surface area (Å²) in [5, 5.41) is 35.9. The van der Waals surface area contributed by atoms with E-state index in [9.17, 15) is 34.5 Å². The van der Waals surface area contributed by atoms with Gasteiger partial charge in [0.05, 0.1) is 30.7 Å². The van der Waals surface area contributed by atoms with Crippen LogP contribution in [0.4, 0.5) is 4.79 Å². The van der Waals surface area contributed by atoms with Crippen LogP contribution in [-0.4, -0.2) is 119 Å².